The van der Waals surface area contributed by atoms with Crippen molar-refractivity contribution in [3.8, 4) is 5.75 Å². The second-order valence-electron chi connectivity index (χ2n) is 8.84. The molecule has 31 heavy (non-hydrogen) atoms. The molecule has 0 aliphatic carbocycles. The van der Waals surface area contributed by atoms with Gasteiger partial charge in [-0.1, -0.05) is 56.3 Å². The Morgan fingerprint density at radius 1 is 0.935 bits per heavy atom. The second kappa shape index (κ2) is 10.0. The number of aromatic nitrogens is 4. The molecule has 7 heteroatoms. The summed E-state index contributed by atoms with van der Waals surface area (Å²) in [7, 11) is 1.69. The minimum absolute atomic E-state index is 0.298. The summed E-state index contributed by atoms with van der Waals surface area (Å²) in [5.41, 5.74) is 2.59. The molecule has 2 heterocycles. The van der Waals surface area contributed by atoms with Crippen LogP contribution in [0.4, 0.5) is 0 Å². The number of piperazine rings is 1. The van der Waals surface area contributed by atoms with Crippen LogP contribution in [0.5, 0.6) is 5.75 Å². The smallest absolute Gasteiger partial charge is 0.209 e. The number of rotatable bonds is 8. The highest BCUT2D eigenvalue weighted by molar-refractivity contribution is 5.27. The van der Waals surface area contributed by atoms with E-state index >= 15 is 0 Å². The Morgan fingerprint density at radius 2 is 1.65 bits per heavy atom. The maximum absolute atomic E-state index is 5.27. The van der Waals surface area contributed by atoms with Gasteiger partial charge in [0.1, 0.15) is 38.5 Å². The number of hydrogen-bond acceptors (Lipinski definition) is 4. The molecule has 2 aromatic carbocycles. The van der Waals surface area contributed by atoms with E-state index in [9.17, 15) is 0 Å². The van der Waals surface area contributed by atoms with E-state index in [2.05, 4.69) is 71.8 Å². The molecular weight excluding hydrogens is 388 g/mol. The zero-order chi connectivity index (χ0) is 21.6. The fourth-order valence-corrected chi connectivity index (χ4v) is 4.70. The van der Waals surface area contributed by atoms with Gasteiger partial charge in [-0.3, -0.25) is 0 Å². The standard InChI is InChI=1S/C24H32N6O/c1-19(2)23(29-15-13-28(14-16-29)17-20-7-5-4-6-8-20)24-25-26-27-30(24)18-21-9-11-22(31-3)12-10-21/h4-12,19,23H,13-18H2,1-3H3/p+2/t23-/m1/s1. The van der Waals surface area contributed by atoms with Crippen LogP contribution >= 0.6 is 0 Å². The molecular formula is C24H34N6O+2. The Morgan fingerprint density at radius 3 is 2.29 bits per heavy atom. The molecule has 0 radical (unpaired) electrons. The molecule has 2 N–H and O–H groups in total. The quantitative estimate of drug-likeness (QED) is 0.552. The van der Waals surface area contributed by atoms with Crippen LogP contribution in [-0.2, 0) is 13.1 Å². The molecule has 1 aliphatic rings. The van der Waals surface area contributed by atoms with Crippen molar-refractivity contribution >= 4 is 0 Å². The van der Waals surface area contributed by atoms with Gasteiger partial charge in [-0.25, -0.2) is 4.68 Å². The topological polar surface area (TPSA) is 61.7 Å². The van der Waals surface area contributed by atoms with Gasteiger partial charge in [-0.15, -0.1) is 5.10 Å². The molecule has 0 unspecified atom stereocenters. The second-order valence-corrected chi connectivity index (χ2v) is 8.84. The Bertz CT molecular complexity index is 932. The molecule has 164 valence electrons. The van der Waals surface area contributed by atoms with Gasteiger partial charge in [0.05, 0.1) is 13.7 Å². The van der Waals surface area contributed by atoms with Crippen molar-refractivity contribution in [2.24, 2.45) is 5.92 Å². The maximum Gasteiger partial charge on any atom is 0.209 e. The summed E-state index contributed by atoms with van der Waals surface area (Å²) < 4.78 is 7.25. The molecule has 0 bridgehead atoms. The highest BCUT2D eigenvalue weighted by Crippen LogP contribution is 2.18. The number of hydrogen-bond donors (Lipinski definition) is 2. The van der Waals surface area contributed by atoms with E-state index in [0.717, 1.165) is 31.2 Å². The van der Waals surface area contributed by atoms with Crippen LogP contribution in [0.15, 0.2) is 54.6 Å². The number of nitrogens with zero attached hydrogens (tertiary/aromatic N) is 4. The number of ether oxygens (including phenoxy) is 1. The van der Waals surface area contributed by atoms with Gasteiger partial charge in [0.25, 0.3) is 0 Å². The van der Waals surface area contributed by atoms with Crippen molar-refractivity contribution in [1.82, 2.24) is 20.2 Å². The van der Waals surface area contributed by atoms with Crippen LogP contribution in [0.25, 0.3) is 0 Å². The number of methoxy groups -OCH3 is 1. The van der Waals surface area contributed by atoms with Crippen LogP contribution in [0, 0.1) is 5.92 Å². The van der Waals surface area contributed by atoms with Crippen LogP contribution in [-0.4, -0.2) is 53.5 Å². The largest absolute Gasteiger partial charge is 0.497 e. The van der Waals surface area contributed by atoms with Gasteiger partial charge in [-0.05, 0) is 28.1 Å². The van der Waals surface area contributed by atoms with Crippen molar-refractivity contribution < 1.29 is 14.5 Å². The molecule has 4 rings (SSSR count). The summed E-state index contributed by atoms with van der Waals surface area (Å²) in [4.78, 5) is 3.26. The molecule has 0 amide bonds. The summed E-state index contributed by atoms with van der Waals surface area (Å²) in [5, 5.41) is 12.8. The first kappa shape index (κ1) is 21.5. The molecule has 1 aliphatic heterocycles. The Labute approximate surface area is 184 Å². The molecule has 0 saturated carbocycles. The van der Waals surface area contributed by atoms with E-state index < -0.39 is 0 Å². The summed E-state index contributed by atoms with van der Waals surface area (Å²) in [5.74, 6) is 2.32. The van der Waals surface area contributed by atoms with Gasteiger partial charge < -0.3 is 14.5 Å². The van der Waals surface area contributed by atoms with Crippen LogP contribution in [0.2, 0.25) is 0 Å². The Hall–Kier alpha value is -2.77. The van der Waals surface area contributed by atoms with Gasteiger partial charge in [-0.2, -0.15) is 0 Å². The first-order valence-electron chi connectivity index (χ1n) is 11.2. The molecule has 1 saturated heterocycles. The third kappa shape index (κ3) is 5.29. The molecule has 0 spiro atoms. The Kier molecular flexibility index (Phi) is 6.94. The Balaban J connectivity index is 1.43. The van der Waals surface area contributed by atoms with Crippen molar-refractivity contribution in [2.45, 2.75) is 33.0 Å². The first-order valence-corrected chi connectivity index (χ1v) is 11.2. The number of nitrogens with one attached hydrogen (secondary N) is 2. The summed E-state index contributed by atoms with van der Waals surface area (Å²) in [6, 6.07) is 19.2. The molecule has 3 aromatic rings. The maximum atomic E-state index is 5.27. The number of benzene rings is 2. The zero-order valence-electron chi connectivity index (χ0n) is 18.8. The highest BCUT2D eigenvalue weighted by atomic mass is 16.5. The highest BCUT2D eigenvalue weighted by Gasteiger charge is 2.36. The van der Waals surface area contributed by atoms with Gasteiger partial charge in [0.2, 0.25) is 5.82 Å². The lowest BCUT2D eigenvalue weighted by Crippen LogP contribution is -3.27. The van der Waals surface area contributed by atoms with Crippen LogP contribution in [0.3, 0.4) is 0 Å². The fraction of sp³-hybridized carbons (Fsp3) is 0.458. The van der Waals surface area contributed by atoms with Gasteiger partial charge in [0, 0.05) is 11.5 Å². The van der Waals surface area contributed by atoms with Crippen molar-refractivity contribution in [3.63, 3.8) is 0 Å². The average Bonchev–Trinajstić information content (AvgIpc) is 3.23. The van der Waals surface area contributed by atoms with Crippen molar-refractivity contribution in [1.29, 1.82) is 0 Å². The predicted octanol–water partition coefficient (Wildman–Crippen LogP) is 0.411. The van der Waals surface area contributed by atoms with Gasteiger partial charge >= 0.3 is 0 Å². The molecule has 1 aromatic heterocycles. The van der Waals surface area contributed by atoms with E-state index in [1.807, 2.05) is 16.8 Å². The average molecular weight is 423 g/mol. The van der Waals surface area contributed by atoms with Gasteiger partial charge in [0.15, 0.2) is 6.04 Å². The van der Waals surface area contributed by atoms with E-state index in [1.165, 1.54) is 24.2 Å². The summed E-state index contributed by atoms with van der Waals surface area (Å²) in [6.07, 6.45) is 0. The number of quaternary nitrogens is 2. The van der Waals surface area contributed by atoms with E-state index in [4.69, 9.17) is 4.74 Å². The molecule has 7 nitrogen and oxygen atoms in total. The third-order valence-electron chi connectivity index (χ3n) is 6.33. The van der Waals surface area contributed by atoms with Crippen LogP contribution < -0.4 is 14.5 Å². The fourth-order valence-electron chi connectivity index (χ4n) is 4.70. The first-order chi connectivity index (χ1) is 15.1. The molecule has 1 atom stereocenters. The zero-order valence-corrected chi connectivity index (χ0v) is 18.8. The van der Waals surface area contributed by atoms with E-state index in [0.29, 0.717) is 18.5 Å². The van der Waals surface area contributed by atoms with Crippen molar-refractivity contribution in [3.05, 3.63) is 71.5 Å². The summed E-state index contributed by atoms with van der Waals surface area (Å²) >= 11 is 0. The van der Waals surface area contributed by atoms with E-state index in [1.54, 1.807) is 16.9 Å². The van der Waals surface area contributed by atoms with Crippen molar-refractivity contribution in [2.75, 3.05) is 33.3 Å². The minimum atomic E-state index is 0.298. The normalized spacial score (nSPS) is 20.0. The lowest BCUT2D eigenvalue weighted by molar-refractivity contribution is -1.03. The van der Waals surface area contributed by atoms with E-state index in [-0.39, 0.29) is 0 Å². The molecule has 1 fully saturated rings. The third-order valence-corrected chi connectivity index (χ3v) is 6.33. The predicted molar refractivity (Wildman–Crippen MR) is 119 cm³/mol. The minimum Gasteiger partial charge on any atom is -0.497 e. The number of tetrazole rings is 1. The van der Waals surface area contributed by atoms with Crippen LogP contribution in [0.1, 0.15) is 36.8 Å². The lowest BCUT2D eigenvalue weighted by atomic mass is 10.0. The SMILES string of the molecule is COc1ccc(Cn2nnnc2[C@@H](C(C)C)[NH+]2CC[NH+](Cc3ccccc3)CC2)cc1. The monoisotopic (exact) mass is 422 g/mol. The summed E-state index contributed by atoms with van der Waals surface area (Å²) in [6.45, 7) is 11.0. The lowest BCUT2D eigenvalue weighted by Gasteiger charge is -2.35.